The van der Waals surface area contributed by atoms with E-state index in [4.69, 9.17) is 14.2 Å². The highest BCUT2D eigenvalue weighted by molar-refractivity contribution is 5.55. The maximum atomic E-state index is 9.69. The Balaban J connectivity index is 0.000000320. The molecule has 7 nitrogen and oxygen atoms in total. The fraction of sp³-hybridized carbons (Fsp3) is 0.317. The molecule has 0 saturated heterocycles. The highest BCUT2D eigenvalue weighted by atomic mass is 16.5. The molecule has 0 aliphatic rings. The quantitative estimate of drug-likeness (QED) is 0.126. The Kier molecular flexibility index (Phi) is 19.2. The van der Waals surface area contributed by atoms with E-state index in [0.717, 1.165) is 53.5 Å². The minimum atomic E-state index is 0.172. The molecule has 48 heavy (non-hydrogen) atoms. The molecule has 0 fully saturated rings. The van der Waals surface area contributed by atoms with Crippen molar-refractivity contribution in [2.75, 3.05) is 21.3 Å². The van der Waals surface area contributed by atoms with Gasteiger partial charge in [-0.3, -0.25) is 0 Å². The lowest BCUT2D eigenvalue weighted by atomic mass is 10.0. The van der Waals surface area contributed by atoms with Gasteiger partial charge in [0, 0.05) is 0 Å². The van der Waals surface area contributed by atoms with Crippen LogP contribution in [-0.4, -0.2) is 41.8 Å². The summed E-state index contributed by atoms with van der Waals surface area (Å²) < 4.78 is 14.9. The molecule has 0 radical (unpaired) electrons. The Bertz CT molecular complexity index is 1560. The van der Waals surface area contributed by atoms with Gasteiger partial charge in [0.15, 0.2) is 34.5 Å². The molecule has 4 aromatic rings. The van der Waals surface area contributed by atoms with Crippen LogP contribution in [-0.2, 0) is 12.8 Å². The third-order valence-corrected chi connectivity index (χ3v) is 7.10. The van der Waals surface area contributed by atoms with Crippen molar-refractivity contribution in [1.29, 1.82) is 0 Å². The van der Waals surface area contributed by atoms with Crippen molar-refractivity contribution in [3.8, 4) is 40.2 Å². The zero-order valence-electron chi connectivity index (χ0n) is 29.8. The number of rotatable bonds is 10. The van der Waals surface area contributed by atoms with E-state index in [9.17, 15) is 20.4 Å². The number of benzene rings is 4. The van der Waals surface area contributed by atoms with Crippen molar-refractivity contribution in [3.63, 3.8) is 0 Å². The molecule has 4 aromatic carbocycles. The fourth-order valence-corrected chi connectivity index (χ4v) is 4.45. The van der Waals surface area contributed by atoms with Gasteiger partial charge in [0.05, 0.1) is 21.3 Å². The number of phenols is 4. The molecular formula is C41H54O7. The van der Waals surface area contributed by atoms with Crippen LogP contribution in [0.3, 0.4) is 0 Å². The van der Waals surface area contributed by atoms with E-state index in [1.165, 1.54) is 14.2 Å². The van der Waals surface area contributed by atoms with Gasteiger partial charge in [0.2, 0.25) is 0 Å². The van der Waals surface area contributed by atoms with Gasteiger partial charge in [-0.2, -0.15) is 0 Å². The summed E-state index contributed by atoms with van der Waals surface area (Å²) in [6.07, 6.45) is 9.63. The van der Waals surface area contributed by atoms with Gasteiger partial charge in [-0.1, -0.05) is 81.8 Å². The molecule has 0 bridgehead atoms. The van der Waals surface area contributed by atoms with E-state index in [0.29, 0.717) is 34.7 Å². The van der Waals surface area contributed by atoms with Gasteiger partial charge in [0.1, 0.15) is 5.75 Å². The number of hydrogen-bond acceptors (Lipinski definition) is 7. The van der Waals surface area contributed by atoms with Gasteiger partial charge in [0.25, 0.3) is 0 Å². The number of unbranched alkanes of at least 4 members (excludes halogenated alkanes) is 1. The zero-order valence-corrected chi connectivity index (χ0v) is 29.8. The number of ether oxygens (including phenoxy) is 3. The summed E-state index contributed by atoms with van der Waals surface area (Å²) in [5, 5.41) is 37.7. The SMILES string of the molecule is C=CCc1ccc(O)c(OC)c1.CC=Cc1ccc(O)c(OC)c1.CCCCc1cccc(OC)c1O.Cc1ccc(C(C)C)c(O)c1. The number of phenolic OH excluding ortho intramolecular Hbond substituents is 4. The van der Waals surface area contributed by atoms with Crippen LogP contribution in [0.4, 0.5) is 0 Å². The Labute approximate surface area is 287 Å². The smallest absolute Gasteiger partial charge is 0.161 e. The van der Waals surface area contributed by atoms with Crippen LogP contribution in [0.25, 0.3) is 6.08 Å². The molecule has 0 unspecified atom stereocenters. The first-order valence-corrected chi connectivity index (χ1v) is 16.1. The molecule has 0 heterocycles. The van der Waals surface area contributed by atoms with Crippen molar-refractivity contribution >= 4 is 6.08 Å². The highest BCUT2D eigenvalue weighted by Crippen LogP contribution is 2.30. The maximum absolute atomic E-state index is 9.69. The topological polar surface area (TPSA) is 109 Å². The van der Waals surface area contributed by atoms with Crippen LogP contribution in [0, 0.1) is 6.92 Å². The predicted octanol–water partition coefficient (Wildman–Crippen LogP) is 10.1. The molecule has 0 aromatic heterocycles. The maximum Gasteiger partial charge on any atom is 0.161 e. The molecule has 7 heteroatoms. The van der Waals surface area contributed by atoms with Crippen molar-refractivity contribution in [2.45, 2.75) is 66.2 Å². The summed E-state index contributed by atoms with van der Waals surface area (Å²) in [5.41, 5.74) is 5.20. The van der Waals surface area contributed by atoms with Gasteiger partial charge < -0.3 is 34.6 Å². The first-order chi connectivity index (χ1) is 22.9. The Morgan fingerprint density at radius 2 is 1.38 bits per heavy atom. The molecule has 0 aliphatic heterocycles. The third kappa shape index (κ3) is 14.2. The molecule has 0 aliphatic carbocycles. The average molecular weight is 659 g/mol. The van der Waals surface area contributed by atoms with E-state index >= 15 is 0 Å². The summed E-state index contributed by atoms with van der Waals surface area (Å²) >= 11 is 0. The van der Waals surface area contributed by atoms with Gasteiger partial charge in [-0.15, -0.1) is 6.58 Å². The number of allylic oxidation sites excluding steroid dienone is 2. The largest absolute Gasteiger partial charge is 0.508 e. The predicted molar refractivity (Wildman–Crippen MR) is 198 cm³/mol. The lowest BCUT2D eigenvalue weighted by Crippen LogP contribution is -1.89. The second-order valence-corrected chi connectivity index (χ2v) is 11.2. The third-order valence-electron chi connectivity index (χ3n) is 7.10. The summed E-state index contributed by atoms with van der Waals surface area (Å²) in [4.78, 5) is 0. The molecule has 0 atom stereocenters. The van der Waals surface area contributed by atoms with Crippen molar-refractivity contribution < 1.29 is 34.6 Å². The van der Waals surface area contributed by atoms with E-state index in [2.05, 4.69) is 27.4 Å². The first-order valence-electron chi connectivity index (χ1n) is 16.1. The molecule has 4 rings (SSSR count). The van der Waals surface area contributed by atoms with E-state index in [-0.39, 0.29) is 11.5 Å². The summed E-state index contributed by atoms with van der Waals surface area (Å²) in [7, 11) is 4.64. The Morgan fingerprint density at radius 1 is 0.750 bits per heavy atom. The fourth-order valence-electron chi connectivity index (χ4n) is 4.45. The van der Waals surface area contributed by atoms with Crippen LogP contribution in [0.2, 0.25) is 0 Å². The lowest BCUT2D eigenvalue weighted by Gasteiger charge is -2.07. The summed E-state index contributed by atoms with van der Waals surface area (Å²) in [6, 6.07) is 21.9. The monoisotopic (exact) mass is 658 g/mol. The van der Waals surface area contributed by atoms with Gasteiger partial charge in [-0.25, -0.2) is 0 Å². The summed E-state index contributed by atoms with van der Waals surface area (Å²) in [6.45, 7) is 13.8. The van der Waals surface area contributed by atoms with Crippen LogP contribution >= 0.6 is 0 Å². The second kappa shape index (κ2) is 22.5. The lowest BCUT2D eigenvalue weighted by molar-refractivity contribution is 0.370. The molecular weight excluding hydrogens is 604 g/mol. The number of aromatic hydroxyl groups is 4. The van der Waals surface area contributed by atoms with Crippen LogP contribution in [0.1, 0.15) is 74.3 Å². The molecule has 260 valence electrons. The van der Waals surface area contributed by atoms with Gasteiger partial charge >= 0.3 is 0 Å². The number of methoxy groups -OCH3 is 3. The van der Waals surface area contributed by atoms with E-state index < -0.39 is 0 Å². The molecule has 4 N–H and O–H groups in total. The van der Waals surface area contributed by atoms with Crippen LogP contribution < -0.4 is 14.2 Å². The van der Waals surface area contributed by atoms with E-state index in [1.54, 1.807) is 43.5 Å². The standard InChI is InChI=1S/C11H16O2.2C10H12O2.C10H14O/c1-3-4-6-9-7-5-8-10(13-2)11(9)12;2*1-3-4-8-5-6-9(11)10(7-8)12-2;1-7(2)9-5-4-8(3)6-10(9)11/h5,7-8,12H,3-4,6H2,1-2H3;3-7,11H,1-2H3;3,5-7,11H,1,4H2,2H3;4-7,11H,1-3H3. The zero-order chi connectivity index (χ0) is 36.1. The molecule has 0 spiro atoms. The molecule has 0 saturated carbocycles. The van der Waals surface area contributed by atoms with Gasteiger partial charge in [-0.05, 0) is 103 Å². The number of aryl methyl sites for hydroxylation is 2. The van der Waals surface area contributed by atoms with E-state index in [1.807, 2.05) is 68.5 Å². The van der Waals surface area contributed by atoms with Crippen LogP contribution in [0.15, 0.2) is 91.5 Å². The average Bonchev–Trinajstić information content (AvgIpc) is 3.07. The highest BCUT2D eigenvalue weighted by Gasteiger charge is 2.06. The first kappa shape index (κ1) is 41.0. The van der Waals surface area contributed by atoms with Crippen molar-refractivity contribution in [3.05, 3.63) is 119 Å². The van der Waals surface area contributed by atoms with Crippen LogP contribution in [0.5, 0.6) is 40.2 Å². The molecule has 0 amide bonds. The van der Waals surface area contributed by atoms with Crippen molar-refractivity contribution in [2.24, 2.45) is 0 Å². The number of hydrogen-bond donors (Lipinski definition) is 4. The Hall–Kier alpha value is -5.04. The van der Waals surface area contributed by atoms with Crippen molar-refractivity contribution in [1.82, 2.24) is 0 Å². The minimum Gasteiger partial charge on any atom is -0.508 e. The number of para-hydroxylation sites is 1. The second-order valence-electron chi connectivity index (χ2n) is 11.2. The summed E-state index contributed by atoms with van der Waals surface area (Å²) in [5.74, 6) is 3.03. The Morgan fingerprint density at radius 3 is 1.92 bits per heavy atom. The minimum absolute atomic E-state index is 0.172. The normalized spacial score (nSPS) is 10.1.